The second-order valence-corrected chi connectivity index (χ2v) is 6.23. The van der Waals surface area contributed by atoms with Gasteiger partial charge < -0.3 is 14.5 Å². The van der Waals surface area contributed by atoms with Crippen molar-refractivity contribution in [3.8, 4) is 5.75 Å². The second kappa shape index (κ2) is 6.98. The zero-order valence-electron chi connectivity index (χ0n) is 11.9. The predicted octanol–water partition coefficient (Wildman–Crippen LogP) is 2.52. The fourth-order valence-electron chi connectivity index (χ4n) is 2.29. The highest BCUT2D eigenvalue weighted by atomic mass is 35.5. The normalized spacial score (nSPS) is 15.0. The molecule has 2 aromatic rings. The molecule has 1 aromatic heterocycles. The van der Waals surface area contributed by atoms with E-state index in [1.54, 1.807) is 41.8 Å². The maximum Gasteiger partial charge on any atom is 0.260 e. The minimum absolute atomic E-state index is 0.00809. The first kappa shape index (κ1) is 15.1. The largest absolute Gasteiger partial charge is 0.484 e. The summed E-state index contributed by atoms with van der Waals surface area (Å²) in [6.07, 6.45) is 1.80. The number of nitrogens with zero attached hydrogens (tertiary/aromatic N) is 3. The lowest BCUT2D eigenvalue weighted by Crippen LogP contribution is -2.50. The molecule has 0 N–H and O–H groups in total. The highest BCUT2D eigenvalue weighted by molar-refractivity contribution is 7.13. The Morgan fingerprint density at radius 3 is 2.59 bits per heavy atom. The van der Waals surface area contributed by atoms with Crippen LogP contribution in [-0.4, -0.2) is 48.6 Å². The summed E-state index contributed by atoms with van der Waals surface area (Å²) in [5.41, 5.74) is 0. The fourth-order valence-corrected chi connectivity index (χ4v) is 3.11. The quantitative estimate of drug-likeness (QED) is 0.860. The number of hydrogen-bond acceptors (Lipinski definition) is 5. The van der Waals surface area contributed by atoms with E-state index in [1.165, 1.54) is 0 Å². The Labute approximate surface area is 138 Å². The molecule has 0 unspecified atom stereocenters. The molecule has 2 heterocycles. The molecule has 1 aliphatic rings. The molecule has 0 spiro atoms. The molecule has 0 atom stereocenters. The zero-order chi connectivity index (χ0) is 15.4. The fraction of sp³-hybridized carbons (Fsp3) is 0.333. The Morgan fingerprint density at radius 2 is 1.95 bits per heavy atom. The topological polar surface area (TPSA) is 45.7 Å². The Kier molecular flexibility index (Phi) is 4.80. The number of benzene rings is 1. The van der Waals surface area contributed by atoms with Crippen LogP contribution in [-0.2, 0) is 4.79 Å². The number of aromatic nitrogens is 1. The molecule has 0 aliphatic carbocycles. The van der Waals surface area contributed by atoms with Crippen molar-refractivity contribution >= 4 is 34.0 Å². The Bertz CT molecular complexity index is 610. The van der Waals surface area contributed by atoms with Crippen LogP contribution in [0.1, 0.15) is 0 Å². The van der Waals surface area contributed by atoms with E-state index in [2.05, 4.69) is 9.88 Å². The molecule has 1 aromatic carbocycles. The van der Waals surface area contributed by atoms with Crippen molar-refractivity contribution in [1.82, 2.24) is 9.88 Å². The van der Waals surface area contributed by atoms with Crippen LogP contribution in [0.2, 0.25) is 5.02 Å². The number of thiazole rings is 1. The predicted molar refractivity (Wildman–Crippen MR) is 87.9 cm³/mol. The van der Waals surface area contributed by atoms with Crippen molar-refractivity contribution in [1.29, 1.82) is 0 Å². The first-order valence-electron chi connectivity index (χ1n) is 7.03. The van der Waals surface area contributed by atoms with Gasteiger partial charge in [0, 0.05) is 42.8 Å². The third-order valence-corrected chi connectivity index (χ3v) is 4.58. The molecule has 5 nitrogen and oxygen atoms in total. The molecule has 0 radical (unpaired) electrons. The molecule has 1 amide bonds. The van der Waals surface area contributed by atoms with E-state index in [1.807, 2.05) is 10.3 Å². The molecule has 7 heteroatoms. The van der Waals surface area contributed by atoms with Crippen molar-refractivity contribution in [2.24, 2.45) is 0 Å². The number of carbonyl (C=O) groups is 1. The number of anilines is 1. The van der Waals surface area contributed by atoms with E-state index >= 15 is 0 Å². The van der Waals surface area contributed by atoms with E-state index < -0.39 is 0 Å². The number of ether oxygens (including phenoxy) is 1. The van der Waals surface area contributed by atoms with E-state index in [4.69, 9.17) is 16.3 Å². The van der Waals surface area contributed by atoms with Gasteiger partial charge in [0.15, 0.2) is 11.7 Å². The molecule has 0 bridgehead atoms. The summed E-state index contributed by atoms with van der Waals surface area (Å²) in [5.74, 6) is 0.660. The van der Waals surface area contributed by atoms with Crippen LogP contribution < -0.4 is 9.64 Å². The van der Waals surface area contributed by atoms with Gasteiger partial charge in [-0.3, -0.25) is 4.79 Å². The van der Waals surface area contributed by atoms with Crippen LogP contribution in [0.3, 0.4) is 0 Å². The summed E-state index contributed by atoms with van der Waals surface area (Å²) in [7, 11) is 0. The minimum Gasteiger partial charge on any atom is -0.484 e. The smallest absolute Gasteiger partial charge is 0.260 e. The van der Waals surface area contributed by atoms with Gasteiger partial charge in [-0.25, -0.2) is 4.98 Å². The van der Waals surface area contributed by atoms with Gasteiger partial charge in [-0.05, 0) is 24.3 Å². The van der Waals surface area contributed by atoms with Crippen molar-refractivity contribution in [3.63, 3.8) is 0 Å². The van der Waals surface area contributed by atoms with Crippen molar-refractivity contribution < 1.29 is 9.53 Å². The van der Waals surface area contributed by atoms with Crippen LogP contribution in [0.25, 0.3) is 0 Å². The van der Waals surface area contributed by atoms with Gasteiger partial charge in [-0.15, -0.1) is 11.3 Å². The lowest BCUT2D eigenvalue weighted by atomic mass is 10.3. The van der Waals surface area contributed by atoms with E-state index in [9.17, 15) is 4.79 Å². The van der Waals surface area contributed by atoms with Gasteiger partial charge in [0.1, 0.15) is 5.75 Å². The highest BCUT2D eigenvalue weighted by Gasteiger charge is 2.22. The van der Waals surface area contributed by atoms with Crippen molar-refractivity contribution in [3.05, 3.63) is 40.9 Å². The summed E-state index contributed by atoms with van der Waals surface area (Å²) >= 11 is 7.44. The molecule has 0 saturated carbocycles. The van der Waals surface area contributed by atoms with Gasteiger partial charge in [0.05, 0.1) is 0 Å². The lowest BCUT2D eigenvalue weighted by molar-refractivity contribution is -0.133. The van der Waals surface area contributed by atoms with Crippen LogP contribution in [0.4, 0.5) is 5.13 Å². The van der Waals surface area contributed by atoms with Crippen molar-refractivity contribution in [2.75, 3.05) is 37.7 Å². The molecule has 116 valence electrons. The first-order chi connectivity index (χ1) is 10.7. The van der Waals surface area contributed by atoms with Gasteiger partial charge in [0.25, 0.3) is 5.91 Å². The van der Waals surface area contributed by atoms with Gasteiger partial charge >= 0.3 is 0 Å². The SMILES string of the molecule is O=C(COc1ccc(Cl)cc1)N1CCN(c2nccs2)CC1. The number of halogens is 1. The summed E-state index contributed by atoms with van der Waals surface area (Å²) in [5, 5.41) is 3.63. The number of rotatable bonds is 4. The molecular weight excluding hydrogens is 322 g/mol. The van der Waals surface area contributed by atoms with Crippen LogP contribution in [0.5, 0.6) is 5.75 Å². The number of carbonyl (C=O) groups excluding carboxylic acids is 1. The molecule has 1 saturated heterocycles. The molecule has 22 heavy (non-hydrogen) atoms. The molecular formula is C15H16ClN3O2S. The third kappa shape index (κ3) is 3.69. The van der Waals surface area contributed by atoms with Gasteiger partial charge in [0.2, 0.25) is 0 Å². The summed E-state index contributed by atoms with van der Waals surface area (Å²) in [4.78, 5) is 20.5. The van der Waals surface area contributed by atoms with E-state index in [0.717, 1.165) is 18.2 Å². The Morgan fingerprint density at radius 1 is 1.23 bits per heavy atom. The maximum atomic E-state index is 12.2. The lowest BCUT2D eigenvalue weighted by Gasteiger charge is -2.34. The van der Waals surface area contributed by atoms with E-state index in [-0.39, 0.29) is 12.5 Å². The standard InChI is InChI=1S/C15H16ClN3O2S/c16-12-1-3-13(4-2-12)21-11-14(20)18-6-8-19(9-7-18)15-17-5-10-22-15/h1-5,10H,6-9,11H2. The Balaban J connectivity index is 1.46. The van der Waals surface area contributed by atoms with Crippen LogP contribution in [0.15, 0.2) is 35.8 Å². The van der Waals surface area contributed by atoms with Gasteiger partial charge in [-0.2, -0.15) is 0 Å². The molecule has 3 rings (SSSR count). The van der Waals surface area contributed by atoms with Crippen molar-refractivity contribution in [2.45, 2.75) is 0 Å². The second-order valence-electron chi connectivity index (χ2n) is 4.93. The summed E-state index contributed by atoms with van der Waals surface area (Å²) in [6, 6.07) is 7.01. The van der Waals surface area contributed by atoms with Crippen LogP contribution in [0, 0.1) is 0 Å². The monoisotopic (exact) mass is 337 g/mol. The molecule has 1 fully saturated rings. The zero-order valence-corrected chi connectivity index (χ0v) is 13.5. The minimum atomic E-state index is 0.00809. The maximum absolute atomic E-state index is 12.2. The number of amides is 1. The Hall–Kier alpha value is -1.79. The number of piperazine rings is 1. The molecule has 1 aliphatic heterocycles. The highest BCUT2D eigenvalue weighted by Crippen LogP contribution is 2.19. The van der Waals surface area contributed by atoms with E-state index in [0.29, 0.717) is 23.9 Å². The average Bonchev–Trinajstić information content (AvgIpc) is 3.09. The summed E-state index contributed by atoms with van der Waals surface area (Å²) in [6.45, 7) is 3.06. The first-order valence-corrected chi connectivity index (χ1v) is 8.29. The van der Waals surface area contributed by atoms with Crippen LogP contribution >= 0.6 is 22.9 Å². The summed E-state index contributed by atoms with van der Waals surface area (Å²) < 4.78 is 5.50. The third-order valence-electron chi connectivity index (χ3n) is 3.50. The number of hydrogen-bond donors (Lipinski definition) is 0. The van der Waals surface area contributed by atoms with Gasteiger partial charge in [-0.1, -0.05) is 11.6 Å². The average molecular weight is 338 g/mol.